The maximum absolute atomic E-state index is 12.8. The highest BCUT2D eigenvalue weighted by molar-refractivity contribution is 8.00. The maximum atomic E-state index is 12.8. The summed E-state index contributed by atoms with van der Waals surface area (Å²) in [4.78, 5) is 19.8. The Kier molecular flexibility index (Phi) is 6.96. The smallest absolute Gasteiger partial charge is 0.386 e. The molecule has 1 amide bonds. The van der Waals surface area contributed by atoms with Crippen molar-refractivity contribution in [3.63, 3.8) is 0 Å². The van der Waals surface area contributed by atoms with E-state index < -0.39 is 18.2 Å². The van der Waals surface area contributed by atoms with E-state index in [4.69, 9.17) is 0 Å². The van der Waals surface area contributed by atoms with Crippen molar-refractivity contribution in [2.45, 2.75) is 35.9 Å². The van der Waals surface area contributed by atoms with Crippen LogP contribution in [0.1, 0.15) is 29.6 Å². The predicted molar refractivity (Wildman–Crippen MR) is 125 cm³/mol. The first kappa shape index (κ1) is 23.6. The second kappa shape index (κ2) is 9.74. The molecule has 0 saturated carbocycles. The molecule has 1 saturated heterocycles. The number of aliphatic hydroxyl groups is 1. The summed E-state index contributed by atoms with van der Waals surface area (Å²) >= 11 is 3.04. The normalized spacial score (nSPS) is 16.4. The average Bonchev–Trinajstić information content (AvgIpc) is 3.27. The molecule has 0 radical (unpaired) electrons. The zero-order chi connectivity index (χ0) is 23.5. The van der Waals surface area contributed by atoms with Crippen molar-refractivity contribution in [2.24, 2.45) is 0 Å². The molecule has 1 fully saturated rings. The third-order valence-corrected chi connectivity index (χ3v) is 7.11. The minimum Gasteiger partial charge on any atom is -0.386 e. The number of nitrogens with zero attached hydrogens (tertiary/aromatic N) is 2. The first-order chi connectivity index (χ1) is 15.7. The molecular weight excluding hydrogens is 471 g/mol. The highest BCUT2D eigenvalue weighted by Crippen LogP contribution is 2.30. The van der Waals surface area contributed by atoms with Crippen molar-refractivity contribution < 1.29 is 23.1 Å². The van der Waals surface area contributed by atoms with E-state index in [0.29, 0.717) is 5.56 Å². The molecule has 2 N–H and O–H groups in total. The van der Waals surface area contributed by atoms with E-state index in [-0.39, 0.29) is 31.8 Å². The fourth-order valence-corrected chi connectivity index (χ4v) is 5.13. The summed E-state index contributed by atoms with van der Waals surface area (Å²) in [7, 11) is 0. The maximum Gasteiger partial charge on any atom is 0.392 e. The van der Waals surface area contributed by atoms with Gasteiger partial charge in [-0.15, -0.1) is 11.3 Å². The summed E-state index contributed by atoms with van der Waals surface area (Å²) in [5.74, 6) is -0.164. The van der Waals surface area contributed by atoms with Crippen LogP contribution in [0.4, 0.5) is 18.9 Å². The van der Waals surface area contributed by atoms with Gasteiger partial charge in [-0.2, -0.15) is 13.2 Å². The number of carbonyl (C=O) groups is 1. The number of rotatable bonds is 6. The van der Waals surface area contributed by atoms with E-state index in [1.807, 2.05) is 35.8 Å². The molecule has 0 aliphatic carbocycles. The van der Waals surface area contributed by atoms with Gasteiger partial charge in [0.25, 0.3) is 5.91 Å². The first-order valence-electron chi connectivity index (χ1n) is 10.3. The molecule has 33 heavy (non-hydrogen) atoms. The lowest BCUT2D eigenvalue weighted by Gasteiger charge is -2.36. The van der Waals surface area contributed by atoms with Crippen LogP contribution in [0.15, 0.2) is 65.0 Å². The monoisotopic (exact) mass is 493 g/mol. The van der Waals surface area contributed by atoms with Gasteiger partial charge < -0.3 is 14.7 Å². The van der Waals surface area contributed by atoms with Crippen molar-refractivity contribution in [1.29, 1.82) is 0 Å². The molecule has 2 aromatic carbocycles. The quantitative estimate of drug-likeness (QED) is 0.331. The summed E-state index contributed by atoms with van der Waals surface area (Å²) in [6.07, 6.45) is -2.80. The first-order valence-corrected chi connectivity index (χ1v) is 12.0. The number of fused-ring (bicyclic) bond motifs is 1. The van der Waals surface area contributed by atoms with Gasteiger partial charge in [-0.25, -0.2) is 4.98 Å². The van der Waals surface area contributed by atoms with Gasteiger partial charge in [0, 0.05) is 24.3 Å². The number of piperidine rings is 1. The zero-order valence-electron chi connectivity index (χ0n) is 17.5. The van der Waals surface area contributed by atoms with Crippen LogP contribution in [-0.2, 0) is 0 Å². The molecular formula is C23H22F3N3O2S2. The van der Waals surface area contributed by atoms with Crippen molar-refractivity contribution in [1.82, 2.24) is 9.88 Å². The van der Waals surface area contributed by atoms with Crippen molar-refractivity contribution >= 4 is 45.1 Å². The van der Waals surface area contributed by atoms with Gasteiger partial charge in [-0.3, -0.25) is 4.79 Å². The number of alkyl halides is 3. The van der Waals surface area contributed by atoms with E-state index in [9.17, 15) is 23.1 Å². The van der Waals surface area contributed by atoms with Crippen molar-refractivity contribution in [3.8, 4) is 0 Å². The minimum absolute atomic E-state index is 0.164. The predicted octanol–water partition coefficient (Wildman–Crippen LogP) is 5.89. The van der Waals surface area contributed by atoms with Crippen LogP contribution in [0.25, 0.3) is 10.2 Å². The van der Waals surface area contributed by atoms with Gasteiger partial charge in [0.2, 0.25) is 0 Å². The SMILES string of the molecule is O=C(c1ccc(NSc2cccc3scnc23)cc1)N1CCC(O)(/C=C/CC(F)(F)F)CC1. The highest BCUT2D eigenvalue weighted by atomic mass is 32.2. The molecule has 0 unspecified atom stereocenters. The molecule has 1 aliphatic rings. The number of carbonyl (C=O) groups excluding carboxylic acids is 1. The number of aromatic nitrogens is 1. The molecule has 2 heterocycles. The number of benzene rings is 2. The number of likely N-dealkylation sites (tertiary alicyclic amines) is 1. The lowest BCUT2D eigenvalue weighted by atomic mass is 9.90. The van der Waals surface area contributed by atoms with Crippen LogP contribution in [0.5, 0.6) is 0 Å². The number of halogens is 3. The van der Waals surface area contributed by atoms with E-state index in [1.54, 1.807) is 28.4 Å². The van der Waals surface area contributed by atoms with Gasteiger partial charge in [0.1, 0.15) is 0 Å². The van der Waals surface area contributed by atoms with Gasteiger partial charge in [-0.05, 0) is 61.2 Å². The molecule has 5 nitrogen and oxygen atoms in total. The van der Waals surface area contributed by atoms with Gasteiger partial charge in [0.05, 0.1) is 32.6 Å². The molecule has 174 valence electrons. The number of anilines is 1. The second-order valence-electron chi connectivity index (χ2n) is 7.85. The summed E-state index contributed by atoms with van der Waals surface area (Å²) in [5.41, 5.74) is 2.81. The van der Waals surface area contributed by atoms with Crippen molar-refractivity contribution in [2.75, 3.05) is 17.8 Å². The van der Waals surface area contributed by atoms with Gasteiger partial charge in [0.15, 0.2) is 0 Å². The molecule has 0 spiro atoms. The molecule has 1 aliphatic heterocycles. The Hall–Kier alpha value is -2.56. The number of allylic oxidation sites excluding steroid dienone is 1. The zero-order valence-corrected chi connectivity index (χ0v) is 19.1. The Morgan fingerprint density at radius 2 is 1.94 bits per heavy atom. The fraction of sp³-hybridized carbons (Fsp3) is 0.304. The number of para-hydroxylation sites is 1. The van der Waals surface area contributed by atoms with Crippen LogP contribution in [0.3, 0.4) is 0 Å². The highest BCUT2D eigenvalue weighted by Gasteiger charge is 2.33. The number of nitrogens with one attached hydrogen (secondary N) is 1. The van der Waals surface area contributed by atoms with Crippen LogP contribution >= 0.6 is 23.3 Å². The Morgan fingerprint density at radius 1 is 1.21 bits per heavy atom. The third kappa shape index (κ3) is 6.07. The average molecular weight is 494 g/mol. The Morgan fingerprint density at radius 3 is 2.64 bits per heavy atom. The summed E-state index contributed by atoms with van der Waals surface area (Å²) < 4.78 is 41.3. The topological polar surface area (TPSA) is 65.5 Å². The lowest BCUT2D eigenvalue weighted by molar-refractivity contribution is -0.125. The van der Waals surface area contributed by atoms with E-state index in [0.717, 1.165) is 26.9 Å². The van der Waals surface area contributed by atoms with Crippen LogP contribution in [-0.4, -0.2) is 45.8 Å². The summed E-state index contributed by atoms with van der Waals surface area (Å²) in [6.45, 7) is 0.554. The molecule has 1 aromatic heterocycles. The number of hydrogen-bond acceptors (Lipinski definition) is 6. The lowest BCUT2D eigenvalue weighted by Crippen LogP contribution is -2.45. The number of amides is 1. The minimum atomic E-state index is -4.29. The molecule has 0 bridgehead atoms. The van der Waals surface area contributed by atoms with E-state index in [2.05, 4.69) is 9.71 Å². The largest absolute Gasteiger partial charge is 0.392 e. The molecule has 3 aromatic rings. The number of thiazole rings is 1. The van der Waals surface area contributed by atoms with Crippen LogP contribution < -0.4 is 4.72 Å². The van der Waals surface area contributed by atoms with E-state index in [1.165, 1.54) is 18.0 Å². The molecule has 10 heteroatoms. The summed E-state index contributed by atoms with van der Waals surface area (Å²) in [6, 6.07) is 13.1. The Bertz CT molecular complexity index is 1140. The van der Waals surface area contributed by atoms with Crippen LogP contribution in [0.2, 0.25) is 0 Å². The van der Waals surface area contributed by atoms with Gasteiger partial charge >= 0.3 is 6.18 Å². The Balaban J connectivity index is 1.31. The second-order valence-corrected chi connectivity index (χ2v) is 9.59. The van der Waals surface area contributed by atoms with Gasteiger partial charge in [-0.1, -0.05) is 18.2 Å². The molecule has 4 rings (SSSR count). The van der Waals surface area contributed by atoms with Crippen molar-refractivity contribution in [3.05, 3.63) is 65.7 Å². The number of hydrogen-bond donors (Lipinski definition) is 2. The molecule has 0 atom stereocenters. The standard InChI is InChI=1S/C23H22F3N3O2S2/c24-23(25,26)10-2-9-22(31)11-13-29(14-12-22)21(30)16-5-7-17(8-6-16)28-33-19-4-1-3-18-20(19)27-15-32-18/h1-9,15,28,31H,10-14H2/b9-2+. The van der Waals surface area contributed by atoms with E-state index >= 15 is 0 Å². The fourth-order valence-electron chi connectivity index (χ4n) is 3.60. The Labute approximate surface area is 197 Å². The summed E-state index contributed by atoms with van der Waals surface area (Å²) in [5, 5.41) is 10.5. The third-order valence-electron chi connectivity index (χ3n) is 5.43. The van der Waals surface area contributed by atoms with Crippen LogP contribution in [0, 0.1) is 0 Å².